The van der Waals surface area contributed by atoms with E-state index in [1.54, 1.807) is 18.1 Å². The molecule has 6 heteroatoms. The van der Waals surface area contributed by atoms with E-state index < -0.39 is 5.97 Å². The average Bonchev–Trinajstić information content (AvgIpc) is 2.40. The van der Waals surface area contributed by atoms with Crippen LogP contribution in [-0.4, -0.2) is 33.1 Å². The second kappa shape index (κ2) is 5.22. The second-order valence-corrected chi connectivity index (χ2v) is 3.74. The van der Waals surface area contributed by atoms with Gasteiger partial charge in [0.15, 0.2) is 0 Å². The summed E-state index contributed by atoms with van der Waals surface area (Å²) >= 11 is 0. The molecule has 0 aromatic carbocycles. The van der Waals surface area contributed by atoms with E-state index in [4.69, 9.17) is 5.11 Å². The quantitative estimate of drug-likeness (QED) is 0.870. The molecule has 2 rings (SSSR count). The first kappa shape index (κ1) is 12.0. The standard InChI is InChI=1S/C12H12N4O2/c1-16(7-9-4-2-3-5-14-9)11-10(12(17)18)6-13-8-15-11/h2-6,8H,7H2,1H3,(H,17,18). The molecular weight excluding hydrogens is 232 g/mol. The lowest BCUT2D eigenvalue weighted by molar-refractivity contribution is 0.0696. The van der Waals surface area contributed by atoms with Gasteiger partial charge in [-0.3, -0.25) is 4.98 Å². The number of anilines is 1. The average molecular weight is 244 g/mol. The van der Waals surface area contributed by atoms with Crippen LogP contribution < -0.4 is 4.90 Å². The summed E-state index contributed by atoms with van der Waals surface area (Å²) in [6.45, 7) is 0.484. The molecule has 1 N–H and O–H groups in total. The van der Waals surface area contributed by atoms with Crippen LogP contribution >= 0.6 is 0 Å². The van der Waals surface area contributed by atoms with Crippen molar-refractivity contribution >= 4 is 11.8 Å². The van der Waals surface area contributed by atoms with Crippen LogP contribution in [0.1, 0.15) is 16.1 Å². The lowest BCUT2D eigenvalue weighted by Gasteiger charge is -2.18. The van der Waals surface area contributed by atoms with E-state index in [-0.39, 0.29) is 5.56 Å². The number of pyridine rings is 1. The minimum absolute atomic E-state index is 0.0796. The van der Waals surface area contributed by atoms with E-state index in [9.17, 15) is 4.79 Å². The minimum Gasteiger partial charge on any atom is -0.477 e. The third-order valence-corrected chi connectivity index (χ3v) is 2.41. The first-order chi connectivity index (χ1) is 8.68. The van der Waals surface area contributed by atoms with Crippen molar-refractivity contribution in [1.82, 2.24) is 15.0 Å². The molecule has 0 aliphatic carbocycles. The van der Waals surface area contributed by atoms with Gasteiger partial charge in [-0.15, -0.1) is 0 Å². The zero-order valence-electron chi connectivity index (χ0n) is 9.82. The fraction of sp³-hybridized carbons (Fsp3) is 0.167. The van der Waals surface area contributed by atoms with Gasteiger partial charge in [-0.25, -0.2) is 14.8 Å². The number of aromatic carboxylic acids is 1. The van der Waals surface area contributed by atoms with Crippen LogP contribution in [0.15, 0.2) is 36.9 Å². The highest BCUT2D eigenvalue weighted by atomic mass is 16.4. The summed E-state index contributed by atoms with van der Waals surface area (Å²) in [6, 6.07) is 5.59. The van der Waals surface area contributed by atoms with Gasteiger partial charge >= 0.3 is 5.97 Å². The molecule has 0 fully saturated rings. The third-order valence-electron chi connectivity index (χ3n) is 2.41. The van der Waals surface area contributed by atoms with Gasteiger partial charge < -0.3 is 10.0 Å². The second-order valence-electron chi connectivity index (χ2n) is 3.74. The summed E-state index contributed by atoms with van der Waals surface area (Å²) in [4.78, 5) is 24.7. The van der Waals surface area contributed by atoms with E-state index in [2.05, 4.69) is 15.0 Å². The molecular formula is C12H12N4O2. The number of rotatable bonds is 4. The maximum absolute atomic E-state index is 11.1. The number of nitrogens with zero attached hydrogens (tertiary/aromatic N) is 4. The zero-order valence-corrected chi connectivity index (χ0v) is 9.82. The van der Waals surface area contributed by atoms with Crippen molar-refractivity contribution in [3.05, 3.63) is 48.2 Å². The lowest BCUT2D eigenvalue weighted by atomic mass is 10.2. The van der Waals surface area contributed by atoms with Gasteiger partial charge in [0.1, 0.15) is 17.7 Å². The Labute approximate surface area is 104 Å². The fourth-order valence-corrected chi connectivity index (χ4v) is 1.59. The van der Waals surface area contributed by atoms with E-state index in [0.717, 1.165) is 5.69 Å². The normalized spacial score (nSPS) is 10.1. The topological polar surface area (TPSA) is 79.2 Å². The molecule has 0 radical (unpaired) electrons. The number of carbonyl (C=O) groups is 1. The first-order valence-corrected chi connectivity index (χ1v) is 5.33. The van der Waals surface area contributed by atoms with Gasteiger partial charge in [-0.05, 0) is 12.1 Å². The highest BCUT2D eigenvalue weighted by molar-refractivity contribution is 5.92. The Kier molecular flexibility index (Phi) is 3.47. The van der Waals surface area contributed by atoms with Crippen LogP contribution in [0.3, 0.4) is 0 Å². The fourth-order valence-electron chi connectivity index (χ4n) is 1.59. The number of carboxylic acid groups (broad SMARTS) is 1. The van der Waals surface area contributed by atoms with Crippen LogP contribution in [0.4, 0.5) is 5.82 Å². The number of carboxylic acids is 1. The molecule has 0 saturated heterocycles. The maximum atomic E-state index is 11.1. The Hall–Kier alpha value is -2.50. The van der Waals surface area contributed by atoms with Crippen molar-refractivity contribution in [3.8, 4) is 0 Å². The van der Waals surface area contributed by atoms with Crippen molar-refractivity contribution in [1.29, 1.82) is 0 Å². The summed E-state index contributed by atoms with van der Waals surface area (Å²) in [5, 5.41) is 9.06. The Balaban J connectivity index is 2.24. The molecule has 6 nitrogen and oxygen atoms in total. The molecule has 0 atom stereocenters. The third kappa shape index (κ3) is 2.60. The summed E-state index contributed by atoms with van der Waals surface area (Å²) in [5.74, 6) is -0.665. The summed E-state index contributed by atoms with van der Waals surface area (Å²) in [7, 11) is 1.77. The zero-order chi connectivity index (χ0) is 13.0. The van der Waals surface area contributed by atoms with Crippen molar-refractivity contribution in [2.75, 3.05) is 11.9 Å². The summed E-state index contributed by atoms with van der Waals surface area (Å²) in [5.41, 5.74) is 0.922. The maximum Gasteiger partial charge on any atom is 0.341 e. The molecule has 0 unspecified atom stereocenters. The summed E-state index contributed by atoms with van der Waals surface area (Å²) in [6.07, 6.45) is 4.32. The largest absolute Gasteiger partial charge is 0.477 e. The predicted octanol–water partition coefficient (Wildman–Crippen LogP) is 1.21. The van der Waals surface area contributed by atoms with Crippen LogP contribution in [0.25, 0.3) is 0 Å². The Bertz CT molecular complexity index is 545. The van der Waals surface area contributed by atoms with Gasteiger partial charge in [0, 0.05) is 19.4 Å². The van der Waals surface area contributed by atoms with Gasteiger partial charge in [0.25, 0.3) is 0 Å². The van der Waals surface area contributed by atoms with E-state index in [1.807, 2.05) is 18.2 Å². The predicted molar refractivity (Wildman–Crippen MR) is 65.3 cm³/mol. The molecule has 92 valence electrons. The molecule has 2 heterocycles. The van der Waals surface area contributed by atoms with Crippen molar-refractivity contribution < 1.29 is 9.90 Å². The number of hydrogen-bond acceptors (Lipinski definition) is 5. The van der Waals surface area contributed by atoms with Crippen LogP contribution in [-0.2, 0) is 6.54 Å². The number of aromatic nitrogens is 3. The Morgan fingerprint density at radius 2 is 2.22 bits per heavy atom. The highest BCUT2D eigenvalue weighted by Crippen LogP contribution is 2.16. The van der Waals surface area contributed by atoms with Gasteiger partial charge in [0.05, 0.1) is 12.2 Å². The highest BCUT2D eigenvalue weighted by Gasteiger charge is 2.15. The molecule has 0 aliphatic rings. The molecule has 0 saturated carbocycles. The van der Waals surface area contributed by atoms with Crippen LogP contribution in [0.5, 0.6) is 0 Å². The van der Waals surface area contributed by atoms with Crippen molar-refractivity contribution in [2.45, 2.75) is 6.54 Å². The van der Waals surface area contributed by atoms with Crippen molar-refractivity contribution in [3.63, 3.8) is 0 Å². The van der Waals surface area contributed by atoms with E-state index in [1.165, 1.54) is 12.5 Å². The van der Waals surface area contributed by atoms with Gasteiger partial charge in [-0.1, -0.05) is 6.07 Å². The van der Waals surface area contributed by atoms with E-state index >= 15 is 0 Å². The van der Waals surface area contributed by atoms with E-state index in [0.29, 0.717) is 12.4 Å². The van der Waals surface area contributed by atoms with Gasteiger partial charge in [-0.2, -0.15) is 0 Å². The molecule has 0 amide bonds. The van der Waals surface area contributed by atoms with Gasteiger partial charge in [0.2, 0.25) is 0 Å². The Morgan fingerprint density at radius 1 is 1.39 bits per heavy atom. The molecule has 0 bridgehead atoms. The molecule has 0 spiro atoms. The molecule has 18 heavy (non-hydrogen) atoms. The number of hydrogen-bond donors (Lipinski definition) is 1. The SMILES string of the molecule is CN(Cc1ccccn1)c1ncncc1C(=O)O. The summed E-state index contributed by atoms with van der Waals surface area (Å²) < 4.78 is 0. The van der Waals surface area contributed by atoms with Crippen molar-refractivity contribution in [2.24, 2.45) is 0 Å². The first-order valence-electron chi connectivity index (χ1n) is 5.33. The minimum atomic E-state index is -1.04. The molecule has 2 aromatic rings. The molecule has 2 aromatic heterocycles. The lowest BCUT2D eigenvalue weighted by Crippen LogP contribution is -2.21. The monoisotopic (exact) mass is 244 g/mol. The van der Waals surface area contributed by atoms with Crippen LogP contribution in [0.2, 0.25) is 0 Å². The van der Waals surface area contributed by atoms with Crippen LogP contribution in [0, 0.1) is 0 Å². The Morgan fingerprint density at radius 3 is 2.89 bits per heavy atom. The smallest absolute Gasteiger partial charge is 0.341 e. The molecule has 0 aliphatic heterocycles.